The third-order valence-corrected chi connectivity index (χ3v) is 8.12. The highest BCUT2D eigenvalue weighted by Crippen LogP contribution is 2.49. The summed E-state index contributed by atoms with van der Waals surface area (Å²) < 4.78 is 2.22. The van der Waals surface area contributed by atoms with Crippen LogP contribution in [0.25, 0.3) is 0 Å². The van der Waals surface area contributed by atoms with Crippen LogP contribution in [0.1, 0.15) is 79.0 Å². The normalized spacial score (nSPS) is 17.1. The molecule has 5 rings (SSSR count). The van der Waals surface area contributed by atoms with Crippen LogP contribution in [-0.2, 0) is 30.0 Å². The van der Waals surface area contributed by atoms with E-state index < -0.39 is 6.10 Å². The maximum absolute atomic E-state index is 13.2. The Kier molecular flexibility index (Phi) is 7.41. The molecule has 38 heavy (non-hydrogen) atoms. The predicted molar refractivity (Wildman–Crippen MR) is 149 cm³/mol. The molecule has 0 saturated heterocycles. The largest absolute Gasteiger partial charge is 0.388 e. The van der Waals surface area contributed by atoms with Crippen molar-refractivity contribution in [2.45, 2.75) is 71.3 Å². The van der Waals surface area contributed by atoms with Gasteiger partial charge in [-0.2, -0.15) is 0 Å². The van der Waals surface area contributed by atoms with Crippen molar-refractivity contribution < 1.29 is 14.7 Å². The molecule has 1 aliphatic heterocycles. The minimum absolute atomic E-state index is 0.0214. The molecule has 3 N–H and O–H groups in total. The van der Waals surface area contributed by atoms with Crippen LogP contribution < -0.4 is 10.6 Å². The van der Waals surface area contributed by atoms with Crippen LogP contribution in [0.2, 0.25) is 0 Å². The van der Waals surface area contributed by atoms with Crippen LogP contribution in [-0.4, -0.2) is 32.9 Å². The fourth-order valence-corrected chi connectivity index (χ4v) is 5.83. The van der Waals surface area contributed by atoms with Gasteiger partial charge in [0.2, 0.25) is 5.91 Å². The Morgan fingerprint density at radius 2 is 1.63 bits per heavy atom. The number of fused-ring (bicyclic) bond motifs is 2. The van der Waals surface area contributed by atoms with E-state index in [0.29, 0.717) is 12.2 Å². The van der Waals surface area contributed by atoms with Crippen LogP contribution in [0.3, 0.4) is 0 Å². The first-order valence-electron chi connectivity index (χ1n) is 13.6. The van der Waals surface area contributed by atoms with Crippen molar-refractivity contribution in [2.24, 2.45) is 5.92 Å². The lowest BCUT2D eigenvalue weighted by molar-refractivity contribution is -0.114. The molecule has 0 radical (unpaired) electrons. The Hall–Kier alpha value is -3.42. The van der Waals surface area contributed by atoms with Crippen LogP contribution in [0.15, 0.2) is 60.7 Å². The first-order chi connectivity index (χ1) is 18.3. The lowest BCUT2D eigenvalue weighted by Gasteiger charge is -2.53. The highest BCUT2D eigenvalue weighted by Gasteiger charge is 2.48. The number of aromatic nitrogens is 1. The fraction of sp³-hybridized carbons (Fsp3) is 0.419. The van der Waals surface area contributed by atoms with Crippen molar-refractivity contribution in [1.29, 1.82) is 0 Å². The molecule has 1 atom stereocenters. The van der Waals surface area contributed by atoms with Crippen molar-refractivity contribution in [1.82, 2.24) is 14.8 Å². The molecule has 1 aliphatic carbocycles. The number of hydrogen-bond donors (Lipinski definition) is 3. The van der Waals surface area contributed by atoms with E-state index in [2.05, 4.69) is 50.4 Å². The lowest BCUT2D eigenvalue weighted by atomic mass is 9.71. The second kappa shape index (κ2) is 10.8. The van der Waals surface area contributed by atoms with Gasteiger partial charge in [0.15, 0.2) is 0 Å². The number of amides is 2. The minimum Gasteiger partial charge on any atom is -0.388 e. The molecule has 2 aliphatic rings. The van der Waals surface area contributed by atoms with Gasteiger partial charge in [-0.15, -0.1) is 0 Å². The SMILES string of the molecule is CC(=O)Nc1ccc(CNC(=O)c2ccc3n2CCN(Cc2ccc(C(O)C(C)C)cc2)C32CCC2)cc1. The fourth-order valence-electron chi connectivity index (χ4n) is 5.83. The number of hydrogen-bond acceptors (Lipinski definition) is 4. The standard InChI is InChI=1S/C31H38N4O3/c1-21(2)29(37)25-9-5-24(6-10-25)20-34-17-18-35-27(13-14-28(35)31(34)15-4-16-31)30(38)32-19-23-7-11-26(12-8-23)33-22(3)36/h5-14,21,29,37H,4,15-20H2,1-3H3,(H,32,38)(H,33,36). The summed E-state index contributed by atoms with van der Waals surface area (Å²) in [7, 11) is 0. The molecular formula is C31H38N4O3. The average molecular weight is 515 g/mol. The van der Waals surface area contributed by atoms with Gasteiger partial charge in [-0.25, -0.2) is 0 Å². The Morgan fingerprint density at radius 3 is 2.24 bits per heavy atom. The minimum atomic E-state index is -0.437. The second-order valence-electron chi connectivity index (χ2n) is 11.1. The van der Waals surface area contributed by atoms with Crippen LogP contribution in [0, 0.1) is 5.92 Å². The summed E-state index contributed by atoms with van der Waals surface area (Å²) in [5, 5.41) is 16.2. The Labute approximate surface area is 224 Å². The zero-order chi connectivity index (χ0) is 26.9. The molecular weight excluding hydrogens is 476 g/mol. The van der Waals surface area contributed by atoms with Gasteiger partial charge in [0.05, 0.1) is 11.6 Å². The van der Waals surface area contributed by atoms with E-state index in [-0.39, 0.29) is 23.3 Å². The maximum Gasteiger partial charge on any atom is 0.268 e. The summed E-state index contributed by atoms with van der Waals surface area (Å²) in [6, 6.07) is 20.0. The molecule has 1 saturated carbocycles. The summed E-state index contributed by atoms with van der Waals surface area (Å²) in [6.07, 6.45) is 2.95. The van der Waals surface area contributed by atoms with Crippen LogP contribution in [0.4, 0.5) is 5.69 Å². The molecule has 1 fully saturated rings. The molecule has 2 aromatic carbocycles. The smallest absolute Gasteiger partial charge is 0.268 e. The monoisotopic (exact) mass is 514 g/mol. The van der Waals surface area contributed by atoms with Gasteiger partial charge < -0.3 is 20.3 Å². The van der Waals surface area contributed by atoms with Crippen molar-refractivity contribution >= 4 is 17.5 Å². The molecule has 0 bridgehead atoms. The molecule has 200 valence electrons. The molecule has 2 heterocycles. The van der Waals surface area contributed by atoms with Crippen molar-refractivity contribution in [3.05, 3.63) is 88.7 Å². The molecule has 7 nitrogen and oxygen atoms in total. The number of carbonyl (C=O) groups excluding carboxylic acids is 2. The van der Waals surface area contributed by atoms with Crippen LogP contribution >= 0.6 is 0 Å². The van der Waals surface area contributed by atoms with Gasteiger partial charge in [-0.3, -0.25) is 14.5 Å². The first-order valence-corrected chi connectivity index (χ1v) is 13.6. The van der Waals surface area contributed by atoms with Gasteiger partial charge >= 0.3 is 0 Å². The van der Waals surface area contributed by atoms with E-state index in [1.54, 1.807) is 0 Å². The number of benzene rings is 2. The Balaban J connectivity index is 1.26. The van der Waals surface area contributed by atoms with E-state index in [0.717, 1.165) is 49.3 Å². The van der Waals surface area contributed by atoms with Gasteiger partial charge in [-0.05, 0) is 66.1 Å². The third kappa shape index (κ3) is 5.13. The quantitative estimate of drug-likeness (QED) is 0.397. The summed E-state index contributed by atoms with van der Waals surface area (Å²) in [6.45, 7) is 8.51. The summed E-state index contributed by atoms with van der Waals surface area (Å²) in [5.41, 5.74) is 5.87. The zero-order valence-electron chi connectivity index (χ0n) is 22.5. The number of aliphatic hydroxyl groups is 1. The average Bonchev–Trinajstić information content (AvgIpc) is 3.31. The molecule has 2 amide bonds. The number of nitrogens with one attached hydrogen (secondary N) is 2. The number of rotatable bonds is 8. The Morgan fingerprint density at radius 1 is 0.947 bits per heavy atom. The maximum atomic E-state index is 13.2. The molecule has 1 spiro atoms. The predicted octanol–water partition coefficient (Wildman–Crippen LogP) is 4.96. The number of aliphatic hydroxyl groups excluding tert-OH is 1. The van der Waals surface area contributed by atoms with Gasteiger partial charge in [0, 0.05) is 44.5 Å². The summed E-state index contributed by atoms with van der Waals surface area (Å²) >= 11 is 0. The summed E-state index contributed by atoms with van der Waals surface area (Å²) in [5.74, 6) is 0.0200. The molecule has 3 aromatic rings. The summed E-state index contributed by atoms with van der Waals surface area (Å²) in [4.78, 5) is 27.0. The van der Waals surface area contributed by atoms with Crippen LogP contribution in [0.5, 0.6) is 0 Å². The Bertz CT molecular complexity index is 1290. The molecule has 1 aromatic heterocycles. The molecule has 7 heteroatoms. The first kappa shape index (κ1) is 26.2. The number of anilines is 1. The lowest BCUT2D eigenvalue weighted by Crippen LogP contribution is -2.56. The van der Waals surface area contributed by atoms with E-state index >= 15 is 0 Å². The van der Waals surface area contributed by atoms with Crippen molar-refractivity contribution in [3.8, 4) is 0 Å². The number of carbonyl (C=O) groups is 2. The van der Waals surface area contributed by atoms with Gasteiger partial charge in [-0.1, -0.05) is 50.2 Å². The topological polar surface area (TPSA) is 86.6 Å². The van der Waals surface area contributed by atoms with E-state index in [4.69, 9.17) is 0 Å². The van der Waals surface area contributed by atoms with E-state index in [1.807, 2.05) is 44.2 Å². The van der Waals surface area contributed by atoms with E-state index in [1.165, 1.54) is 24.6 Å². The highest BCUT2D eigenvalue weighted by molar-refractivity contribution is 5.93. The van der Waals surface area contributed by atoms with Gasteiger partial charge in [0.25, 0.3) is 5.91 Å². The van der Waals surface area contributed by atoms with E-state index in [9.17, 15) is 14.7 Å². The van der Waals surface area contributed by atoms with Crippen molar-refractivity contribution in [3.63, 3.8) is 0 Å². The zero-order valence-corrected chi connectivity index (χ0v) is 22.5. The third-order valence-electron chi connectivity index (χ3n) is 8.12. The second-order valence-corrected chi connectivity index (χ2v) is 11.1. The highest BCUT2D eigenvalue weighted by atomic mass is 16.3. The number of nitrogens with zero attached hydrogens (tertiary/aromatic N) is 2. The van der Waals surface area contributed by atoms with Gasteiger partial charge in [0.1, 0.15) is 5.69 Å². The molecule has 1 unspecified atom stereocenters. The van der Waals surface area contributed by atoms with Crippen molar-refractivity contribution in [2.75, 3.05) is 11.9 Å².